The average molecular weight is 429 g/mol. The molecule has 0 atom stereocenters. The predicted molar refractivity (Wildman–Crippen MR) is 92.2 cm³/mol. The summed E-state index contributed by atoms with van der Waals surface area (Å²) in [5, 5.41) is 4.69. The van der Waals surface area contributed by atoms with Crippen LogP contribution in [0.2, 0.25) is 5.02 Å². The van der Waals surface area contributed by atoms with Crippen LogP contribution in [-0.4, -0.2) is 5.16 Å². The molecule has 21 heavy (non-hydrogen) atoms. The molecule has 0 spiro atoms. The van der Waals surface area contributed by atoms with Gasteiger partial charge in [0.2, 0.25) is 5.88 Å². The van der Waals surface area contributed by atoms with Crippen molar-refractivity contribution in [3.8, 4) is 22.4 Å². The van der Waals surface area contributed by atoms with Gasteiger partial charge in [-0.3, -0.25) is 0 Å². The smallest absolute Gasteiger partial charge is 0.230 e. The van der Waals surface area contributed by atoms with Crippen LogP contribution in [0.1, 0.15) is 0 Å². The third-order valence-corrected chi connectivity index (χ3v) is 4.53. The summed E-state index contributed by atoms with van der Waals surface area (Å²) in [4.78, 5) is 0. The Morgan fingerprint density at radius 3 is 2.52 bits per heavy atom. The highest BCUT2D eigenvalue weighted by atomic mass is 79.9. The Bertz CT molecular complexity index is 817. The van der Waals surface area contributed by atoms with Crippen molar-refractivity contribution in [3.63, 3.8) is 0 Å². The Labute approximate surface area is 143 Å². The summed E-state index contributed by atoms with van der Waals surface area (Å²) in [5.74, 6) is 0.243. The maximum absolute atomic E-state index is 6.27. The van der Waals surface area contributed by atoms with Crippen molar-refractivity contribution in [2.45, 2.75) is 0 Å². The lowest BCUT2D eigenvalue weighted by molar-refractivity contribution is 0.439. The van der Waals surface area contributed by atoms with Crippen molar-refractivity contribution >= 4 is 49.3 Å². The van der Waals surface area contributed by atoms with E-state index < -0.39 is 0 Å². The van der Waals surface area contributed by atoms with E-state index in [-0.39, 0.29) is 5.88 Å². The van der Waals surface area contributed by atoms with Gasteiger partial charge in [-0.25, -0.2) is 0 Å². The molecule has 3 rings (SSSR count). The second-order valence-electron chi connectivity index (χ2n) is 4.37. The number of benzene rings is 2. The first-order valence-corrected chi connectivity index (χ1v) is 8.00. The van der Waals surface area contributed by atoms with Crippen LogP contribution >= 0.6 is 43.5 Å². The van der Waals surface area contributed by atoms with Crippen molar-refractivity contribution in [3.05, 3.63) is 56.4 Å². The van der Waals surface area contributed by atoms with Gasteiger partial charge in [-0.15, -0.1) is 0 Å². The van der Waals surface area contributed by atoms with Crippen LogP contribution in [0.25, 0.3) is 22.4 Å². The molecule has 0 aliphatic heterocycles. The SMILES string of the molecule is Nc1onc(-c2ccc(Br)cc2Br)c1-c1ccccc1Cl. The lowest BCUT2D eigenvalue weighted by Gasteiger charge is -2.07. The molecule has 0 radical (unpaired) electrons. The molecule has 1 heterocycles. The monoisotopic (exact) mass is 426 g/mol. The normalized spacial score (nSPS) is 10.8. The van der Waals surface area contributed by atoms with Gasteiger partial charge >= 0.3 is 0 Å². The molecule has 106 valence electrons. The van der Waals surface area contributed by atoms with Crippen LogP contribution in [0.3, 0.4) is 0 Å². The Hall–Kier alpha value is -1.30. The van der Waals surface area contributed by atoms with Gasteiger partial charge in [0.25, 0.3) is 0 Å². The molecule has 6 heteroatoms. The van der Waals surface area contributed by atoms with E-state index in [9.17, 15) is 0 Å². The minimum absolute atomic E-state index is 0.243. The molecule has 2 N–H and O–H groups in total. The highest BCUT2D eigenvalue weighted by Crippen LogP contribution is 2.41. The van der Waals surface area contributed by atoms with E-state index in [4.69, 9.17) is 21.9 Å². The van der Waals surface area contributed by atoms with E-state index in [2.05, 4.69) is 37.0 Å². The third kappa shape index (κ3) is 2.73. The van der Waals surface area contributed by atoms with Crippen LogP contribution in [0.15, 0.2) is 55.9 Å². The number of nitrogen functional groups attached to an aromatic ring is 1. The second kappa shape index (κ2) is 5.83. The number of nitrogens with two attached hydrogens (primary N) is 1. The van der Waals surface area contributed by atoms with Gasteiger partial charge in [-0.1, -0.05) is 72.9 Å². The minimum Gasteiger partial charge on any atom is -0.367 e. The van der Waals surface area contributed by atoms with E-state index >= 15 is 0 Å². The van der Waals surface area contributed by atoms with Crippen molar-refractivity contribution in [2.24, 2.45) is 0 Å². The Morgan fingerprint density at radius 1 is 1.05 bits per heavy atom. The van der Waals surface area contributed by atoms with E-state index in [0.717, 1.165) is 20.1 Å². The van der Waals surface area contributed by atoms with E-state index in [1.54, 1.807) is 0 Å². The molecule has 3 aromatic rings. The summed E-state index contributed by atoms with van der Waals surface area (Å²) in [5.41, 5.74) is 8.97. The number of nitrogens with zero attached hydrogens (tertiary/aromatic N) is 1. The quantitative estimate of drug-likeness (QED) is 0.564. The fraction of sp³-hybridized carbons (Fsp3) is 0. The largest absolute Gasteiger partial charge is 0.367 e. The molecule has 0 aliphatic carbocycles. The molecular formula is C15H9Br2ClN2O. The first kappa shape index (κ1) is 14.6. The third-order valence-electron chi connectivity index (χ3n) is 3.05. The van der Waals surface area contributed by atoms with Crippen LogP contribution < -0.4 is 5.73 Å². The highest BCUT2D eigenvalue weighted by Gasteiger charge is 2.20. The van der Waals surface area contributed by atoms with Crippen molar-refractivity contribution < 1.29 is 4.52 Å². The zero-order chi connectivity index (χ0) is 15.0. The van der Waals surface area contributed by atoms with E-state index in [0.29, 0.717) is 16.3 Å². The number of halogens is 3. The van der Waals surface area contributed by atoms with Gasteiger partial charge in [0, 0.05) is 25.1 Å². The van der Waals surface area contributed by atoms with Crippen LogP contribution in [-0.2, 0) is 0 Å². The van der Waals surface area contributed by atoms with Crippen LogP contribution in [0.4, 0.5) is 5.88 Å². The van der Waals surface area contributed by atoms with Crippen molar-refractivity contribution in [1.82, 2.24) is 5.16 Å². The van der Waals surface area contributed by atoms with Gasteiger partial charge in [0.05, 0.1) is 5.56 Å². The van der Waals surface area contributed by atoms with Gasteiger partial charge < -0.3 is 10.3 Å². The average Bonchev–Trinajstić information content (AvgIpc) is 2.81. The van der Waals surface area contributed by atoms with Crippen molar-refractivity contribution in [1.29, 1.82) is 0 Å². The van der Waals surface area contributed by atoms with Gasteiger partial charge in [-0.2, -0.15) is 0 Å². The molecule has 0 saturated carbocycles. The van der Waals surface area contributed by atoms with Crippen LogP contribution in [0.5, 0.6) is 0 Å². The summed E-state index contributed by atoms with van der Waals surface area (Å²) in [7, 11) is 0. The summed E-state index contributed by atoms with van der Waals surface area (Å²) in [6.45, 7) is 0. The zero-order valence-corrected chi connectivity index (χ0v) is 14.5. The van der Waals surface area contributed by atoms with Gasteiger partial charge in [-0.05, 0) is 18.2 Å². The predicted octanol–water partition coefficient (Wildman–Crippen LogP) is 5.77. The fourth-order valence-electron chi connectivity index (χ4n) is 2.09. The van der Waals surface area contributed by atoms with E-state index in [1.165, 1.54) is 0 Å². The minimum atomic E-state index is 0.243. The van der Waals surface area contributed by atoms with Crippen molar-refractivity contribution in [2.75, 3.05) is 5.73 Å². The lowest BCUT2D eigenvalue weighted by atomic mass is 10.0. The number of anilines is 1. The number of aromatic nitrogens is 1. The molecule has 3 nitrogen and oxygen atoms in total. The molecule has 0 saturated heterocycles. The molecular weight excluding hydrogens is 419 g/mol. The maximum Gasteiger partial charge on any atom is 0.230 e. The molecule has 0 fully saturated rings. The lowest BCUT2D eigenvalue weighted by Crippen LogP contribution is -1.89. The first-order valence-electron chi connectivity index (χ1n) is 6.03. The molecule has 0 amide bonds. The number of hydrogen-bond acceptors (Lipinski definition) is 3. The zero-order valence-electron chi connectivity index (χ0n) is 10.6. The molecule has 0 unspecified atom stereocenters. The topological polar surface area (TPSA) is 52.0 Å². The summed E-state index contributed by atoms with van der Waals surface area (Å²) < 4.78 is 7.04. The molecule has 0 aliphatic rings. The Balaban J connectivity index is 2.25. The molecule has 1 aromatic heterocycles. The maximum atomic E-state index is 6.27. The van der Waals surface area contributed by atoms with E-state index in [1.807, 2.05) is 42.5 Å². The fourth-order valence-corrected chi connectivity index (χ4v) is 3.56. The number of rotatable bonds is 2. The number of hydrogen-bond donors (Lipinski definition) is 1. The standard InChI is InChI=1S/C15H9Br2ClN2O/c16-8-5-6-9(11(17)7-8)14-13(15(19)21-20-14)10-3-1-2-4-12(10)18/h1-7H,19H2. The summed E-state index contributed by atoms with van der Waals surface area (Å²) in [6.07, 6.45) is 0. The summed E-state index contributed by atoms with van der Waals surface area (Å²) >= 11 is 13.2. The second-order valence-corrected chi connectivity index (χ2v) is 6.55. The Kier molecular flexibility index (Phi) is 4.06. The Morgan fingerprint density at radius 2 is 1.81 bits per heavy atom. The first-order chi connectivity index (χ1) is 10.1. The van der Waals surface area contributed by atoms with Gasteiger partial charge in [0.1, 0.15) is 5.69 Å². The molecule has 2 aromatic carbocycles. The molecule has 0 bridgehead atoms. The summed E-state index contributed by atoms with van der Waals surface area (Å²) in [6, 6.07) is 13.3. The van der Waals surface area contributed by atoms with Crippen LogP contribution in [0, 0.1) is 0 Å². The highest BCUT2D eigenvalue weighted by molar-refractivity contribution is 9.11. The van der Waals surface area contributed by atoms with Gasteiger partial charge in [0.15, 0.2) is 0 Å².